The maximum Gasteiger partial charge on any atom is 0.192 e. The fourth-order valence-corrected chi connectivity index (χ4v) is 2.97. The summed E-state index contributed by atoms with van der Waals surface area (Å²) < 4.78 is 12.5. The fraction of sp³-hybridized carbons (Fsp3) is 0.833. The second kappa shape index (κ2) is 4.92. The molecule has 2 nitrogen and oxygen atoms in total. The van der Waals surface area contributed by atoms with Crippen molar-refractivity contribution in [2.24, 2.45) is 0 Å². The number of halogens is 1. The fourth-order valence-electron chi connectivity index (χ4n) is 1.22. The SMILES string of the molecule is C=C(Br)[C@H](C[C@H]1CO1)O[Si](C)(C)C(C)(C)C. The second-order valence-corrected chi connectivity index (χ2v) is 11.8. The van der Waals surface area contributed by atoms with Gasteiger partial charge in [0, 0.05) is 10.9 Å². The van der Waals surface area contributed by atoms with E-state index >= 15 is 0 Å². The van der Waals surface area contributed by atoms with Gasteiger partial charge in [0.1, 0.15) is 0 Å². The van der Waals surface area contributed by atoms with Crippen LogP contribution >= 0.6 is 15.9 Å². The van der Waals surface area contributed by atoms with Gasteiger partial charge in [-0.3, -0.25) is 0 Å². The summed E-state index contributed by atoms with van der Waals surface area (Å²) in [7, 11) is -1.72. The van der Waals surface area contributed by atoms with Crippen LogP contribution in [-0.2, 0) is 9.16 Å². The number of ether oxygens (including phenoxy) is 1. The Labute approximate surface area is 109 Å². The summed E-state index contributed by atoms with van der Waals surface area (Å²) in [4.78, 5) is 0. The molecule has 0 aromatic carbocycles. The molecule has 0 saturated carbocycles. The van der Waals surface area contributed by atoms with Crippen LogP contribution in [0.2, 0.25) is 18.1 Å². The summed E-state index contributed by atoms with van der Waals surface area (Å²) in [5, 5.41) is 0.234. The Morgan fingerprint density at radius 2 is 2.06 bits per heavy atom. The van der Waals surface area contributed by atoms with Gasteiger partial charge in [-0.2, -0.15) is 0 Å². The van der Waals surface area contributed by atoms with Gasteiger partial charge in [0.2, 0.25) is 0 Å². The monoisotopic (exact) mass is 306 g/mol. The Bertz CT molecular complexity index is 267. The highest BCUT2D eigenvalue weighted by Crippen LogP contribution is 2.39. The van der Waals surface area contributed by atoms with E-state index in [1.165, 1.54) is 0 Å². The average Bonchev–Trinajstić information content (AvgIpc) is 2.84. The van der Waals surface area contributed by atoms with Gasteiger partial charge in [0.15, 0.2) is 8.32 Å². The van der Waals surface area contributed by atoms with Crippen molar-refractivity contribution >= 4 is 24.2 Å². The standard InChI is InChI=1S/C12H23BrO2Si/c1-9(13)11(7-10-8-14-10)15-16(5,6)12(2,3)4/h10-11H,1,7-8H2,2-6H3/t10-,11-/m0/s1. The minimum Gasteiger partial charge on any atom is -0.409 e. The third-order valence-corrected chi connectivity index (χ3v) is 8.47. The molecule has 1 heterocycles. The summed E-state index contributed by atoms with van der Waals surface area (Å²) in [5.74, 6) is 0. The van der Waals surface area contributed by atoms with Gasteiger partial charge in [0.05, 0.1) is 18.8 Å². The second-order valence-electron chi connectivity index (χ2n) is 6.00. The quantitative estimate of drug-likeness (QED) is 0.564. The molecule has 0 spiro atoms. The maximum absolute atomic E-state index is 6.33. The van der Waals surface area contributed by atoms with E-state index in [0.29, 0.717) is 6.10 Å². The number of epoxide rings is 1. The van der Waals surface area contributed by atoms with E-state index in [0.717, 1.165) is 17.5 Å². The van der Waals surface area contributed by atoms with E-state index in [1.807, 2.05) is 0 Å². The van der Waals surface area contributed by atoms with Gasteiger partial charge < -0.3 is 9.16 Å². The molecule has 4 heteroatoms. The molecule has 0 bridgehead atoms. The van der Waals surface area contributed by atoms with Crippen LogP contribution < -0.4 is 0 Å². The van der Waals surface area contributed by atoms with Gasteiger partial charge in [-0.05, 0) is 18.1 Å². The van der Waals surface area contributed by atoms with E-state index in [1.54, 1.807) is 0 Å². The molecule has 2 atom stereocenters. The van der Waals surface area contributed by atoms with Gasteiger partial charge in [-0.15, -0.1) is 0 Å². The highest BCUT2D eigenvalue weighted by molar-refractivity contribution is 9.11. The molecule has 1 aliphatic rings. The largest absolute Gasteiger partial charge is 0.409 e. The van der Waals surface area contributed by atoms with Crippen LogP contribution in [0.1, 0.15) is 27.2 Å². The van der Waals surface area contributed by atoms with Crippen LogP contribution in [-0.4, -0.2) is 27.1 Å². The lowest BCUT2D eigenvalue weighted by Gasteiger charge is -2.39. The van der Waals surface area contributed by atoms with E-state index in [9.17, 15) is 0 Å². The van der Waals surface area contributed by atoms with Crippen LogP contribution in [0.5, 0.6) is 0 Å². The smallest absolute Gasteiger partial charge is 0.192 e. The molecule has 1 fully saturated rings. The maximum atomic E-state index is 6.33. The first-order valence-electron chi connectivity index (χ1n) is 5.77. The molecular weight excluding hydrogens is 284 g/mol. The highest BCUT2D eigenvalue weighted by atomic mass is 79.9. The Kier molecular flexibility index (Phi) is 4.44. The van der Waals surface area contributed by atoms with E-state index in [2.05, 4.69) is 56.4 Å². The van der Waals surface area contributed by atoms with Crippen molar-refractivity contribution in [3.05, 3.63) is 11.1 Å². The van der Waals surface area contributed by atoms with Crippen molar-refractivity contribution < 1.29 is 9.16 Å². The summed E-state index contributed by atoms with van der Waals surface area (Å²) in [6.07, 6.45) is 1.40. The zero-order chi connectivity index (χ0) is 12.6. The molecule has 1 aliphatic heterocycles. The van der Waals surface area contributed by atoms with Gasteiger partial charge in [-0.1, -0.05) is 43.3 Å². The Morgan fingerprint density at radius 1 is 1.56 bits per heavy atom. The third kappa shape index (κ3) is 3.98. The number of rotatable bonds is 5. The minimum atomic E-state index is -1.72. The molecule has 0 aliphatic carbocycles. The lowest BCUT2D eigenvalue weighted by atomic mass is 10.2. The first-order valence-corrected chi connectivity index (χ1v) is 9.47. The Hall–Kier alpha value is 0.357. The molecule has 0 N–H and O–H groups in total. The first kappa shape index (κ1) is 14.4. The minimum absolute atomic E-state index is 0.0911. The highest BCUT2D eigenvalue weighted by Gasteiger charge is 2.40. The summed E-state index contributed by atoms with van der Waals surface area (Å²) in [6, 6.07) is 0. The summed E-state index contributed by atoms with van der Waals surface area (Å²) >= 11 is 3.46. The zero-order valence-electron chi connectivity index (χ0n) is 11.0. The Balaban J connectivity index is 2.62. The molecule has 0 radical (unpaired) electrons. The number of hydrogen-bond donors (Lipinski definition) is 0. The topological polar surface area (TPSA) is 21.8 Å². The lowest BCUT2D eigenvalue weighted by Crippen LogP contribution is -2.44. The number of hydrogen-bond acceptors (Lipinski definition) is 2. The molecule has 94 valence electrons. The van der Waals surface area contributed by atoms with Crippen molar-refractivity contribution in [3.63, 3.8) is 0 Å². The predicted octanol–water partition coefficient (Wildman–Crippen LogP) is 4.07. The van der Waals surface area contributed by atoms with E-state index in [4.69, 9.17) is 9.16 Å². The third-order valence-electron chi connectivity index (χ3n) is 3.47. The van der Waals surface area contributed by atoms with Crippen LogP contribution in [0, 0.1) is 0 Å². The van der Waals surface area contributed by atoms with Crippen molar-refractivity contribution in [2.45, 2.75) is 57.5 Å². The van der Waals surface area contributed by atoms with Gasteiger partial charge in [-0.25, -0.2) is 0 Å². The van der Waals surface area contributed by atoms with Gasteiger partial charge in [0.25, 0.3) is 0 Å². The van der Waals surface area contributed by atoms with E-state index < -0.39 is 8.32 Å². The molecule has 0 aromatic rings. The summed E-state index contributed by atoms with van der Waals surface area (Å²) in [6.45, 7) is 16.1. The van der Waals surface area contributed by atoms with Crippen LogP contribution in [0.3, 0.4) is 0 Å². The van der Waals surface area contributed by atoms with Crippen molar-refractivity contribution in [1.82, 2.24) is 0 Å². The molecule has 1 saturated heterocycles. The van der Waals surface area contributed by atoms with Crippen LogP contribution in [0.15, 0.2) is 11.1 Å². The zero-order valence-corrected chi connectivity index (χ0v) is 13.6. The van der Waals surface area contributed by atoms with Crippen molar-refractivity contribution in [1.29, 1.82) is 0 Å². The molecule has 16 heavy (non-hydrogen) atoms. The first-order chi connectivity index (χ1) is 7.13. The Morgan fingerprint density at radius 3 is 2.38 bits per heavy atom. The van der Waals surface area contributed by atoms with E-state index in [-0.39, 0.29) is 11.1 Å². The average molecular weight is 307 g/mol. The van der Waals surface area contributed by atoms with Crippen molar-refractivity contribution in [2.75, 3.05) is 6.61 Å². The molecule has 0 amide bonds. The van der Waals surface area contributed by atoms with Crippen LogP contribution in [0.4, 0.5) is 0 Å². The molecule has 1 rings (SSSR count). The molecular formula is C12H23BrO2Si. The lowest BCUT2D eigenvalue weighted by molar-refractivity contribution is 0.197. The normalized spacial score (nSPS) is 23.0. The molecule has 0 unspecified atom stereocenters. The summed E-state index contributed by atoms with van der Waals surface area (Å²) in [5.41, 5.74) is 0. The predicted molar refractivity (Wildman–Crippen MR) is 74.5 cm³/mol. The van der Waals surface area contributed by atoms with Crippen molar-refractivity contribution in [3.8, 4) is 0 Å². The van der Waals surface area contributed by atoms with Crippen LogP contribution in [0.25, 0.3) is 0 Å². The van der Waals surface area contributed by atoms with Gasteiger partial charge >= 0.3 is 0 Å². The molecule has 0 aromatic heterocycles.